The molecule has 1 saturated heterocycles. The third-order valence-corrected chi connectivity index (χ3v) is 5.60. The maximum Gasteiger partial charge on any atom is 0.267 e. The van der Waals surface area contributed by atoms with Crippen molar-refractivity contribution in [2.45, 2.75) is 6.54 Å². The number of hydrogen-bond acceptors (Lipinski definition) is 6. The largest absolute Gasteiger partial charge is 0.497 e. The zero-order valence-corrected chi connectivity index (χ0v) is 18.2. The van der Waals surface area contributed by atoms with Crippen molar-refractivity contribution in [2.75, 3.05) is 45.3 Å². The first-order valence-corrected chi connectivity index (χ1v) is 10.5. The lowest BCUT2D eigenvalue weighted by atomic mass is 10.1. The zero-order valence-electron chi connectivity index (χ0n) is 18.2. The van der Waals surface area contributed by atoms with Crippen LogP contribution in [0.3, 0.4) is 0 Å². The number of rotatable bonds is 6. The molecule has 1 aliphatic heterocycles. The average molecular weight is 434 g/mol. The van der Waals surface area contributed by atoms with Crippen LogP contribution >= 0.6 is 0 Å². The van der Waals surface area contributed by atoms with Crippen LogP contribution in [0.1, 0.15) is 0 Å². The molecule has 0 spiro atoms. The van der Waals surface area contributed by atoms with E-state index in [9.17, 15) is 9.59 Å². The highest BCUT2D eigenvalue weighted by atomic mass is 16.5. The number of ether oxygens (including phenoxy) is 2. The van der Waals surface area contributed by atoms with Crippen LogP contribution in [0.15, 0.2) is 65.5 Å². The number of carbonyl (C=O) groups excluding carboxylic acids is 1. The summed E-state index contributed by atoms with van der Waals surface area (Å²) in [6.07, 6.45) is 0. The molecule has 1 aromatic heterocycles. The van der Waals surface area contributed by atoms with E-state index in [1.807, 2.05) is 48.5 Å². The van der Waals surface area contributed by atoms with E-state index in [0.29, 0.717) is 24.5 Å². The molecule has 1 amide bonds. The SMILES string of the molecule is COc1ccc(N2CCN(C(=O)Cn3nc(-c4ccccc4OC)ccc3=O)CC2)cc1. The Morgan fingerprint density at radius 3 is 2.31 bits per heavy atom. The van der Waals surface area contributed by atoms with Crippen LogP contribution in [-0.4, -0.2) is 61.0 Å². The van der Waals surface area contributed by atoms with E-state index in [1.165, 1.54) is 10.7 Å². The molecule has 2 heterocycles. The molecule has 32 heavy (non-hydrogen) atoms. The van der Waals surface area contributed by atoms with Gasteiger partial charge in [-0.1, -0.05) is 12.1 Å². The van der Waals surface area contributed by atoms with Gasteiger partial charge in [0.1, 0.15) is 18.0 Å². The second-order valence-corrected chi connectivity index (χ2v) is 7.48. The molecule has 8 nitrogen and oxygen atoms in total. The van der Waals surface area contributed by atoms with E-state index in [1.54, 1.807) is 25.2 Å². The summed E-state index contributed by atoms with van der Waals surface area (Å²) in [4.78, 5) is 29.2. The van der Waals surface area contributed by atoms with E-state index in [0.717, 1.165) is 30.1 Å². The van der Waals surface area contributed by atoms with Gasteiger partial charge in [0.05, 0.1) is 19.9 Å². The van der Waals surface area contributed by atoms with Gasteiger partial charge in [-0.3, -0.25) is 9.59 Å². The summed E-state index contributed by atoms with van der Waals surface area (Å²) >= 11 is 0. The number of aromatic nitrogens is 2. The van der Waals surface area contributed by atoms with Gasteiger partial charge in [-0.2, -0.15) is 5.10 Å². The average Bonchev–Trinajstić information content (AvgIpc) is 2.85. The molecular formula is C24H26N4O4. The van der Waals surface area contributed by atoms with Crippen molar-refractivity contribution in [1.29, 1.82) is 0 Å². The summed E-state index contributed by atoms with van der Waals surface area (Å²) in [5.41, 5.74) is 2.14. The molecule has 1 aliphatic rings. The van der Waals surface area contributed by atoms with Crippen molar-refractivity contribution < 1.29 is 14.3 Å². The maximum atomic E-state index is 12.9. The number of carbonyl (C=O) groups is 1. The quantitative estimate of drug-likeness (QED) is 0.593. The first kappa shape index (κ1) is 21.4. The lowest BCUT2D eigenvalue weighted by Crippen LogP contribution is -2.50. The minimum absolute atomic E-state index is 0.0929. The van der Waals surface area contributed by atoms with Crippen molar-refractivity contribution in [1.82, 2.24) is 14.7 Å². The summed E-state index contributed by atoms with van der Waals surface area (Å²) in [6.45, 7) is 2.53. The number of hydrogen-bond donors (Lipinski definition) is 0. The van der Waals surface area contributed by atoms with Crippen LogP contribution in [-0.2, 0) is 11.3 Å². The highest BCUT2D eigenvalue weighted by Gasteiger charge is 2.22. The fraction of sp³-hybridized carbons (Fsp3) is 0.292. The van der Waals surface area contributed by atoms with Crippen molar-refractivity contribution in [3.05, 3.63) is 71.0 Å². The highest BCUT2D eigenvalue weighted by molar-refractivity contribution is 5.76. The fourth-order valence-electron chi connectivity index (χ4n) is 3.80. The van der Waals surface area contributed by atoms with Crippen LogP contribution in [0, 0.1) is 0 Å². The zero-order chi connectivity index (χ0) is 22.5. The Labute approximate surface area is 186 Å². The first-order valence-electron chi connectivity index (χ1n) is 10.5. The molecule has 0 N–H and O–H groups in total. The second kappa shape index (κ2) is 9.55. The van der Waals surface area contributed by atoms with Gasteiger partial charge in [0.15, 0.2) is 0 Å². The monoisotopic (exact) mass is 434 g/mol. The van der Waals surface area contributed by atoms with Gasteiger partial charge < -0.3 is 19.3 Å². The van der Waals surface area contributed by atoms with E-state index in [2.05, 4.69) is 10.00 Å². The summed E-state index contributed by atoms with van der Waals surface area (Å²) in [5.74, 6) is 1.35. The second-order valence-electron chi connectivity index (χ2n) is 7.48. The molecule has 0 unspecified atom stereocenters. The van der Waals surface area contributed by atoms with E-state index >= 15 is 0 Å². The van der Waals surface area contributed by atoms with E-state index < -0.39 is 0 Å². The van der Waals surface area contributed by atoms with Crippen LogP contribution in [0.4, 0.5) is 5.69 Å². The molecule has 2 aromatic carbocycles. The number of anilines is 1. The Balaban J connectivity index is 1.42. The van der Waals surface area contributed by atoms with Gasteiger partial charge in [-0.05, 0) is 42.5 Å². The molecule has 8 heteroatoms. The van der Waals surface area contributed by atoms with Gasteiger partial charge in [0.25, 0.3) is 5.56 Å². The lowest BCUT2D eigenvalue weighted by Gasteiger charge is -2.36. The molecule has 4 rings (SSSR count). The predicted octanol–water partition coefficient (Wildman–Crippen LogP) is 2.28. The smallest absolute Gasteiger partial charge is 0.267 e. The summed E-state index contributed by atoms with van der Waals surface area (Å²) < 4.78 is 11.8. The molecule has 0 atom stereocenters. The molecular weight excluding hydrogens is 408 g/mol. The predicted molar refractivity (Wildman–Crippen MR) is 122 cm³/mol. The van der Waals surface area contributed by atoms with Crippen LogP contribution in [0.25, 0.3) is 11.3 Å². The number of para-hydroxylation sites is 1. The van der Waals surface area contributed by atoms with Crippen LogP contribution < -0.4 is 19.9 Å². The van der Waals surface area contributed by atoms with Crippen molar-refractivity contribution in [3.8, 4) is 22.8 Å². The molecule has 3 aromatic rings. The van der Waals surface area contributed by atoms with Crippen LogP contribution in [0.2, 0.25) is 0 Å². The molecule has 0 aliphatic carbocycles. The molecule has 0 saturated carbocycles. The molecule has 0 bridgehead atoms. The number of piperazine rings is 1. The number of benzene rings is 2. The Kier molecular flexibility index (Phi) is 6.39. The van der Waals surface area contributed by atoms with Crippen molar-refractivity contribution >= 4 is 11.6 Å². The topological polar surface area (TPSA) is 76.9 Å². The number of amides is 1. The summed E-state index contributed by atoms with van der Waals surface area (Å²) in [6, 6.07) is 18.4. The normalized spacial score (nSPS) is 13.7. The number of nitrogens with zero attached hydrogens (tertiary/aromatic N) is 4. The van der Waals surface area contributed by atoms with Crippen LogP contribution in [0.5, 0.6) is 11.5 Å². The maximum absolute atomic E-state index is 12.9. The van der Waals surface area contributed by atoms with Gasteiger partial charge in [-0.25, -0.2) is 4.68 Å². The third-order valence-electron chi connectivity index (χ3n) is 5.60. The minimum Gasteiger partial charge on any atom is -0.497 e. The summed E-state index contributed by atoms with van der Waals surface area (Å²) in [5, 5.41) is 4.42. The molecule has 1 fully saturated rings. The Morgan fingerprint density at radius 1 is 0.906 bits per heavy atom. The molecule has 166 valence electrons. The minimum atomic E-state index is -0.311. The Hall–Kier alpha value is -3.81. The highest BCUT2D eigenvalue weighted by Crippen LogP contribution is 2.27. The molecule has 0 radical (unpaired) electrons. The summed E-state index contributed by atoms with van der Waals surface area (Å²) in [7, 11) is 3.23. The van der Waals surface area contributed by atoms with E-state index in [-0.39, 0.29) is 18.0 Å². The van der Waals surface area contributed by atoms with E-state index in [4.69, 9.17) is 9.47 Å². The Morgan fingerprint density at radius 2 is 1.62 bits per heavy atom. The number of methoxy groups -OCH3 is 2. The fourth-order valence-corrected chi connectivity index (χ4v) is 3.80. The van der Waals surface area contributed by atoms with Gasteiger partial charge in [0.2, 0.25) is 5.91 Å². The third kappa shape index (κ3) is 4.59. The van der Waals surface area contributed by atoms with Gasteiger partial charge in [-0.15, -0.1) is 0 Å². The van der Waals surface area contributed by atoms with Gasteiger partial charge in [0, 0.05) is 43.5 Å². The van der Waals surface area contributed by atoms with Crippen molar-refractivity contribution in [3.63, 3.8) is 0 Å². The lowest BCUT2D eigenvalue weighted by molar-refractivity contribution is -0.132. The van der Waals surface area contributed by atoms with Crippen molar-refractivity contribution in [2.24, 2.45) is 0 Å². The van der Waals surface area contributed by atoms with Gasteiger partial charge >= 0.3 is 0 Å². The standard InChI is InChI=1S/C24H26N4O4/c1-31-19-9-7-18(8-10-19)26-13-15-27(16-14-26)24(30)17-28-23(29)12-11-21(25-28)20-5-3-4-6-22(20)32-2/h3-12H,13-17H2,1-2H3. The first-order chi connectivity index (χ1) is 15.6. The Bertz CT molecular complexity index is 1140.